The quantitative estimate of drug-likeness (QED) is 0.666. The van der Waals surface area contributed by atoms with Crippen molar-refractivity contribution in [3.05, 3.63) is 65.7 Å². The molecule has 1 fully saturated rings. The molecule has 2 aromatic carbocycles. The van der Waals surface area contributed by atoms with Crippen LogP contribution in [-0.2, 0) is 4.74 Å². The first kappa shape index (κ1) is 23.8. The predicted octanol–water partition coefficient (Wildman–Crippen LogP) is 3.21. The number of β-amino-alcohol motifs (C(OH)–C–C–N with tert-alkyl or cyclic N) is 1. The summed E-state index contributed by atoms with van der Waals surface area (Å²) in [6.07, 6.45) is -1.02. The number of benzene rings is 2. The van der Waals surface area contributed by atoms with Crippen molar-refractivity contribution in [1.82, 2.24) is 9.80 Å². The number of ether oxygens (including phenoxy) is 2. The lowest BCUT2D eigenvalue weighted by atomic mass is 10.0. The Balaban J connectivity index is 1.49. The number of ketones is 1. The van der Waals surface area contributed by atoms with E-state index in [4.69, 9.17) is 9.47 Å². The standard InChI is InChI=1S/C25H32N2O5/c1-25(2,3)32-24(30)27-15-13-26(14-16-27)17-20(28)18-31-22-12-8-7-11-21(22)23(29)19-9-5-4-6-10-19/h4-12,20,28H,13-18H2,1-3H3/t20-/m1/s1. The molecule has 1 N–H and O–H groups in total. The van der Waals surface area contributed by atoms with Gasteiger partial charge in [0.05, 0.1) is 5.56 Å². The van der Waals surface area contributed by atoms with E-state index >= 15 is 0 Å². The molecule has 0 aliphatic carbocycles. The zero-order valence-electron chi connectivity index (χ0n) is 19.0. The van der Waals surface area contributed by atoms with Crippen molar-refractivity contribution in [3.8, 4) is 5.75 Å². The van der Waals surface area contributed by atoms with Gasteiger partial charge >= 0.3 is 6.09 Å². The van der Waals surface area contributed by atoms with E-state index in [-0.39, 0.29) is 18.5 Å². The highest BCUT2D eigenvalue weighted by atomic mass is 16.6. The van der Waals surface area contributed by atoms with Crippen molar-refractivity contribution in [2.45, 2.75) is 32.5 Å². The third kappa shape index (κ3) is 6.80. The van der Waals surface area contributed by atoms with Crippen molar-refractivity contribution in [3.63, 3.8) is 0 Å². The highest BCUT2D eigenvalue weighted by Crippen LogP contribution is 2.22. The summed E-state index contributed by atoms with van der Waals surface area (Å²) in [4.78, 5) is 28.8. The topological polar surface area (TPSA) is 79.3 Å². The minimum absolute atomic E-state index is 0.0748. The summed E-state index contributed by atoms with van der Waals surface area (Å²) in [6, 6.07) is 16.1. The molecule has 3 rings (SSSR count). The lowest BCUT2D eigenvalue weighted by molar-refractivity contribution is 0.00707. The molecule has 7 nitrogen and oxygen atoms in total. The summed E-state index contributed by atoms with van der Waals surface area (Å²) >= 11 is 0. The molecule has 1 heterocycles. The zero-order valence-corrected chi connectivity index (χ0v) is 19.0. The summed E-state index contributed by atoms with van der Waals surface area (Å²) in [6.45, 7) is 8.46. The van der Waals surface area contributed by atoms with Crippen LogP contribution in [0.1, 0.15) is 36.7 Å². The maximum absolute atomic E-state index is 12.8. The van der Waals surface area contributed by atoms with Crippen molar-refractivity contribution in [2.75, 3.05) is 39.3 Å². The Hall–Kier alpha value is -2.90. The molecule has 2 aromatic rings. The third-order valence-corrected chi connectivity index (χ3v) is 5.09. The highest BCUT2D eigenvalue weighted by Gasteiger charge is 2.26. The maximum Gasteiger partial charge on any atom is 0.410 e. The summed E-state index contributed by atoms with van der Waals surface area (Å²) in [5.74, 6) is 0.337. The molecule has 0 saturated carbocycles. The van der Waals surface area contributed by atoms with Crippen LogP contribution < -0.4 is 4.74 Å². The van der Waals surface area contributed by atoms with Gasteiger partial charge in [0.25, 0.3) is 0 Å². The second kappa shape index (κ2) is 10.6. The number of carbonyl (C=O) groups is 2. The number of rotatable bonds is 7. The second-order valence-corrected chi connectivity index (χ2v) is 8.92. The predicted molar refractivity (Wildman–Crippen MR) is 122 cm³/mol. The number of hydrogen-bond acceptors (Lipinski definition) is 6. The number of piperazine rings is 1. The average molecular weight is 441 g/mol. The summed E-state index contributed by atoms with van der Waals surface area (Å²) < 4.78 is 11.2. The Labute approximate surface area is 189 Å². The van der Waals surface area contributed by atoms with Crippen LogP contribution in [-0.4, -0.2) is 77.8 Å². The molecule has 32 heavy (non-hydrogen) atoms. The Morgan fingerprint density at radius 2 is 1.59 bits per heavy atom. The van der Waals surface area contributed by atoms with E-state index in [9.17, 15) is 14.7 Å². The fraction of sp³-hybridized carbons (Fsp3) is 0.440. The van der Waals surface area contributed by atoms with Gasteiger partial charge in [-0.15, -0.1) is 0 Å². The normalized spacial score (nSPS) is 15.8. The molecule has 0 radical (unpaired) electrons. The van der Waals surface area contributed by atoms with Crippen LogP contribution in [0.3, 0.4) is 0 Å². The lowest BCUT2D eigenvalue weighted by Gasteiger charge is -2.36. The minimum Gasteiger partial charge on any atom is -0.490 e. The minimum atomic E-state index is -0.719. The van der Waals surface area contributed by atoms with Crippen molar-refractivity contribution >= 4 is 11.9 Å². The maximum atomic E-state index is 12.8. The summed E-state index contributed by atoms with van der Waals surface area (Å²) in [7, 11) is 0. The van der Waals surface area contributed by atoms with Crippen LogP contribution in [0, 0.1) is 0 Å². The first-order chi connectivity index (χ1) is 15.2. The Kier molecular flexibility index (Phi) is 7.88. The molecule has 1 saturated heterocycles. The van der Waals surface area contributed by atoms with E-state index in [0.29, 0.717) is 49.6 Å². The first-order valence-corrected chi connectivity index (χ1v) is 10.9. The van der Waals surface area contributed by atoms with Gasteiger partial charge in [0.15, 0.2) is 5.78 Å². The van der Waals surface area contributed by atoms with Crippen LogP contribution in [0.5, 0.6) is 5.75 Å². The largest absolute Gasteiger partial charge is 0.490 e. The van der Waals surface area contributed by atoms with Crippen LogP contribution >= 0.6 is 0 Å². The van der Waals surface area contributed by atoms with Crippen LogP contribution in [0.25, 0.3) is 0 Å². The third-order valence-electron chi connectivity index (χ3n) is 5.09. The average Bonchev–Trinajstić information content (AvgIpc) is 2.77. The van der Waals surface area contributed by atoms with E-state index in [1.807, 2.05) is 39.0 Å². The number of hydrogen-bond donors (Lipinski definition) is 1. The molecule has 7 heteroatoms. The molecule has 1 aliphatic heterocycles. The van der Waals surface area contributed by atoms with Crippen LogP contribution in [0.4, 0.5) is 4.79 Å². The fourth-order valence-electron chi connectivity index (χ4n) is 3.50. The molecule has 172 valence electrons. The Bertz CT molecular complexity index is 902. The van der Waals surface area contributed by atoms with Gasteiger partial charge in [-0.25, -0.2) is 4.79 Å². The van der Waals surface area contributed by atoms with Gasteiger partial charge < -0.3 is 19.5 Å². The van der Waals surface area contributed by atoms with Gasteiger partial charge in [0.2, 0.25) is 0 Å². The van der Waals surface area contributed by atoms with Gasteiger partial charge in [-0.3, -0.25) is 9.69 Å². The monoisotopic (exact) mass is 440 g/mol. The Morgan fingerprint density at radius 1 is 0.969 bits per heavy atom. The van der Waals surface area contributed by atoms with Crippen molar-refractivity contribution in [2.24, 2.45) is 0 Å². The molecule has 1 atom stereocenters. The van der Waals surface area contributed by atoms with E-state index < -0.39 is 11.7 Å². The van der Waals surface area contributed by atoms with E-state index in [1.165, 1.54) is 0 Å². The van der Waals surface area contributed by atoms with E-state index in [1.54, 1.807) is 41.3 Å². The van der Waals surface area contributed by atoms with Crippen molar-refractivity contribution in [1.29, 1.82) is 0 Å². The SMILES string of the molecule is CC(C)(C)OC(=O)N1CCN(C[C@@H](O)COc2ccccc2C(=O)c2ccccc2)CC1. The first-order valence-electron chi connectivity index (χ1n) is 10.9. The molecule has 0 bridgehead atoms. The second-order valence-electron chi connectivity index (χ2n) is 8.92. The number of carbonyl (C=O) groups excluding carboxylic acids is 2. The van der Waals surface area contributed by atoms with Crippen LogP contribution in [0.15, 0.2) is 54.6 Å². The van der Waals surface area contributed by atoms with Gasteiger partial charge in [0, 0.05) is 38.3 Å². The van der Waals surface area contributed by atoms with Crippen molar-refractivity contribution < 1.29 is 24.2 Å². The molecule has 0 spiro atoms. The number of para-hydroxylation sites is 1. The molecular weight excluding hydrogens is 408 g/mol. The van der Waals surface area contributed by atoms with E-state index in [2.05, 4.69) is 4.90 Å². The molecule has 0 unspecified atom stereocenters. The Morgan fingerprint density at radius 3 is 2.25 bits per heavy atom. The van der Waals surface area contributed by atoms with Crippen LogP contribution in [0.2, 0.25) is 0 Å². The van der Waals surface area contributed by atoms with Gasteiger partial charge in [-0.2, -0.15) is 0 Å². The summed E-state index contributed by atoms with van der Waals surface area (Å²) in [5.41, 5.74) is 0.545. The molecule has 1 aliphatic rings. The highest BCUT2D eigenvalue weighted by molar-refractivity contribution is 6.10. The smallest absolute Gasteiger partial charge is 0.410 e. The number of aliphatic hydroxyl groups is 1. The number of nitrogens with zero attached hydrogens (tertiary/aromatic N) is 2. The zero-order chi connectivity index (χ0) is 23.1. The van der Waals surface area contributed by atoms with Gasteiger partial charge in [-0.1, -0.05) is 42.5 Å². The summed E-state index contributed by atoms with van der Waals surface area (Å²) in [5, 5.41) is 10.5. The lowest BCUT2D eigenvalue weighted by Crippen LogP contribution is -2.51. The molecule has 1 amide bonds. The number of amides is 1. The molecular formula is C25H32N2O5. The number of aliphatic hydroxyl groups excluding tert-OH is 1. The fourth-order valence-corrected chi connectivity index (χ4v) is 3.50. The van der Waals surface area contributed by atoms with E-state index in [0.717, 1.165) is 0 Å². The molecule has 0 aromatic heterocycles. The van der Waals surface area contributed by atoms with Gasteiger partial charge in [0.1, 0.15) is 24.1 Å². The van der Waals surface area contributed by atoms with Gasteiger partial charge in [-0.05, 0) is 32.9 Å².